The molecule has 4 nitrogen and oxygen atoms in total. The Morgan fingerprint density at radius 1 is 1.40 bits per heavy atom. The number of carbonyl (C=O) groups excluding carboxylic acids is 1. The number of benzene rings is 1. The maximum Gasteiger partial charge on any atom is 0.288 e. The Labute approximate surface area is 125 Å². The van der Waals surface area contributed by atoms with Crippen LogP contribution in [0.15, 0.2) is 45.5 Å². The zero-order valence-electron chi connectivity index (χ0n) is 10.9. The fraction of sp³-hybridized carbons (Fsp3) is 0.267. The summed E-state index contributed by atoms with van der Waals surface area (Å²) in [6.07, 6.45) is 2.53. The monoisotopic (exact) mass is 334 g/mol. The highest BCUT2D eigenvalue weighted by atomic mass is 79.9. The maximum absolute atomic E-state index is 12.0. The van der Waals surface area contributed by atoms with Crippen molar-refractivity contribution >= 4 is 21.8 Å². The smallest absolute Gasteiger partial charge is 0.288 e. The van der Waals surface area contributed by atoms with Gasteiger partial charge in [-0.2, -0.15) is 0 Å². The summed E-state index contributed by atoms with van der Waals surface area (Å²) in [7, 11) is 0. The number of nitrogens with one attached hydrogen (secondary N) is 2. The molecule has 5 heteroatoms. The van der Waals surface area contributed by atoms with Crippen molar-refractivity contribution in [2.75, 3.05) is 13.1 Å². The summed E-state index contributed by atoms with van der Waals surface area (Å²) in [5, 5.41) is 6.34. The van der Waals surface area contributed by atoms with Crippen LogP contribution in [0.1, 0.15) is 27.7 Å². The zero-order chi connectivity index (χ0) is 13.9. The highest BCUT2D eigenvalue weighted by Gasteiger charge is 2.21. The van der Waals surface area contributed by atoms with Gasteiger partial charge in [-0.05, 0) is 46.1 Å². The van der Waals surface area contributed by atoms with Crippen LogP contribution in [0.4, 0.5) is 0 Å². The molecule has 3 rings (SSSR count). The zero-order valence-corrected chi connectivity index (χ0v) is 12.4. The molecule has 0 fully saturated rings. The highest BCUT2D eigenvalue weighted by Crippen LogP contribution is 2.22. The number of amides is 1. The molecule has 104 valence electrons. The first-order chi connectivity index (χ1) is 9.75. The molecule has 1 amide bonds. The van der Waals surface area contributed by atoms with Gasteiger partial charge in [-0.1, -0.05) is 24.3 Å². The lowest BCUT2D eigenvalue weighted by molar-refractivity contribution is 0.0920. The van der Waals surface area contributed by atoms with Crippen LogP contribution in [0.2, 0.25) is 0 Å². The Hall–Kier alpha value is -1.59. The first-order valence-electron chi connectivity index (χ1n) is 6.58. The van der Waals surface area contributed by atoms with E-state index in [1.807, 2.05) is 6.07 Å². The second-order valence-electron chi connectivity index (χ2n) is 4.76. The van der Waals surface area contributed by atoms with Crippen molar-refractivity contribution in [3.8, 4) is 0 Å². The van der Waals surface area contributed by atoms with Crippen LogP contribution < -0.4 is 10.6 Å². The Bertz CT molecular complexity index is 624. The number of hydrogen-bond acceptors (Lipinski definition) is 3. The number of carbonyl (C=O) groups is 1. The first kappa shape index (κ1) is 13.4. The van der Waals surface area contributed by atoms with Crippen molar-refractivity contribution in [3.05, 3.63) is 58.0 Å². The predicted molar refractivity (Wildman–Crippen MR) is 79.6 cm³/mol. The van der Waals surface area contributed by atoms with Crippen LogP contribution in [0, 0.1) is 0 Å². The summed E-state index contributed by atoms with van der Waals surface area (Å²) in [6, 6.07) is 10.2. The summed E-state index contributed by atoms with van der Waals surface area (Å²) >= 11 is 3.29. The molecule has 1 aliphatic rings. The van der Waals surface area contributed by atoms with Crippen LogP contribution in [0.3, 0.4) is 0 Å². The largest absolute Gasteiger partial charge is 0.458 e. The summed E-state index contributed by atoms with van der Waals surface area (Å²) < 4.78 is 5.83. The van der Waals surface area contributed by atoms with E-state index < -0.39 is 0 Å². The van der Waals surface area contributed by atoms with Crippen molar-refractivity contribution in [1.29, 1.82) is 0 Å². The van der Waals surface area contributed by atoms with E-state index in [9.17, 15) is 4.79 Å². The fourth-order valence-corrected chi connectivity index (χ4v) is 2.89. The number of halogens is 1. The molecule has 2 N–H and O–H groups in total. The Balaban J connectivity index is 1.68. The minimum absolute atomic E-state index is 0.151. The average Bonchev–Trinajstić information content (AvgIpc) is 2.91. The van der Waals surface area contributed by atoms with Crippen molar-refractivity contribution in [2.45, 2.75) is 12.5 Å². The molecule has 0 saturated heterocycles. The lowest BCUT2D eigenvalue weighted by atomic mass is 9.94. The summed E-state index contributed by atoms with van der Waals surface area (Å²) in [4.78, 5) is 12.0. The molecule has 1 atom stereocenters. The van der Waals surface area contributed by atoms with Gasteiger partial charge in [0.2, 0.25) is 5.76 Å². The van der Waals surface area contributed by atoms with E-state index in [0.29, 0.717) is 16.8 Å². The SMILES string of the molecule is O=C(NCC1NCCc2ccccc21)c1occc1Br. The van der Waals surface area contributed by atoms with Crippen LogP contribution in [0.25, 0.3) is 0 Å². The van der Waals surface area contributed by atoms with E-state index in [-0.39, 0.29) is 11.9 Å². The molecule has 1 aromatic carbocycles. The summed E-state index contributed by atoms with van der Waals surface area (Å²) in [6.45, 7) is 1.48. The molecule has 1 aliphatic heterocycles. The normalized spacial score (nSPS) is 17.6. The third-order valence-corrected chi connectivity index (χ3v) is 4.13. The van der Waals surface area contributed by atoms with Gasteiger partial charge in [-0.15, -0.1) is 0 Å². The average molecular weight is 335 g/mol. The second-order valence-corrected chi connectivity index (χ2v) is 5.62. The quantitative estimate of drug-likeness (QED) is 0.907. The maximum atomic E-state index is 12.0. The fourth-order valence-electron chi connectivity index (χ4n) is 2.51. The van der Waals surface area contributed by atoms with E-state index in [1.165, 1.54) is 17.4 Å². The van der Waals surface area contributed by atoms with Crippen molar-refractivity contribution in [1.82, 2.24) is 10.6 Å². The van der Waals surface area contributed by atoms with Crippen LogP contribution in [0.5, 0.6) is 0 Å². The molecule has 0 spiro atoms. The van der Waals surface area contributed by atoms with Gasteiger partial charge in [0.1, 0.15) is 0 Å². The molecule has 2 aromatic rings. The van der Waals surface area contributed by atoms with Crippen LogP contribution >= 0.6 is 15.9 Å². The van der Waals surface area contributed by atoms with Gasteiger partial charge in [0.05, 0.1) is 10.7 Å². The Morgan fingerprint density at radius 3 is 3.05 bits per heavy atom. The van der Waals surface area contributed by atoms with Crippen LogP contribution in [-0.2, 0) is 6.42 Å². The van der Waals surface area contributed by atoms with E-state index in [2.05, 4.69) is 44.8 Å². The molecule has 0 bridgehead atoms. The number of furan rings is 1. The number of rotatable bonds is 3. The second kappa shape index (κ2) is 5.81. The van der Waals surface area contributed by atoms with E-state index in [0.717, 1.165) is 13.0 Å². The van der Waals surface area contributed by atoms with E-state index in [1.54, 1.807) is 6.07 Å². The van der Waals surface area contributed by atoms with Gasteiger partial charge in [0, 0.05) is 12.6 Å². The van der Waals surface area contributed by atoms with Crippen molar-refractivity contribution in [3.63, 3.8) is 0 Å². The molecule has 1 unspecified atom stereocenters. The Kier molecular flexibility index (Phi) is 3.89. The lowest BCUT2D eigenvalue weighted by Crippen LogP contribution is -2.38. The minimum Gasteiger partial charge on any atom is -0.458 e. The summed E-state index contributed by atoms with van der Waals surface area (Å²) in [5.41, 5.74) is 2.61. The lowest BCUT2D eigenvalue weighted by Gasteiger charge is -2.27. The molecule has 2 heterocycles. The van der Waals surface area contributed by atoms with Crippen molar-refractivity contribution < 1.29 is 9.21 Å². The van der Waals surface area contributed by atoms with Gasteiger partial charge in [-0.25, -0.2) is 0 Å². The van der Waals surface area contributed by atoms with Gasteiger partial charge in [0.25, 0.3) is 5.91 Å². The van der Waals surface area contributed by atoms with E-state index in [4.69, 9.17) is 4.42 Å². The van der Waals surface area contributed by atoms with E-state index >= 15 is 0 Å². The minimum atomic E-state index is -0.202. The van der Waals surface area contributed by atoms with Gasteiger partial charge >= 0.3 is 0 Å². The van der Waals surface area contributed by atoms with Gasteiger partial charge in [0.15, 0.2) is 0 Å². The van der Waals surface area contributed by atoms with Crippen LogP contribution in [-0.4, -0.2) is 19.0 Å². The number of hydrogen-bond donors (Lipinski definition) is 2. The molecule has 0 aliphatic carbocycles. The van der Waals surface area contributed by atoms with Crippen molar-refractivity contribution in [2.24, 2.45) is 0 Å². The topological polar surface area (TPSA) is 54.3 Å². The highest BCUT2D eigenvalue weighted by molar-refractivity contribution is 9.10. The summed E-state index contributed by atoms with van der Waals surface area (Å²) in [5.74, 6) is 0.112. The third-order valence-electron chi connectivity index (χ3n) is 3.51. The molecular formula is C15H15BrN2O2. The molecule has 1 aromatic heterocycles. The predicted octanol–water partition coefficient (Wildman–Crippen LogP) is 2.66. The van der Waals surface area contributed by atoms with Gasteiger partial charge < -0.3 is 15.1 Å². The molecule has 20 heavy (non-hydrogen) atoms. The Morgan fingerprint density at radius 2 is 2.25 bits per heavy atom. The standard InChI is InChI=1S/C15H15BrN2O2/c16-12-6-8-20-14(12)15(19)18-9-13-11-4-2-1-3-10(11)5-7-17-13/h1-4,6,8,13,17H,5,7,9H2,(H,18,19). The molecular weight excluding hydrogens is 320 g/mol. The number of fused-ring (bicyclic) bond motifs is 1. The molecule has 0 radical (unpaired) electrons. The first-order valence-corrected chi connectivity index (χ1v) is 7.37. The molecule has 0 saturated carbocycles. The third kappa shape index (κ3) is 2.64. The van der Waals surface area contributed by atoms with Gasteiger partial charge in [-0.3, -0.25) is 4.79 Å².